The number of thiazole rings is 1. The highest BCUT2D eigenvalue weighted by Crippen LogP contribution is 2.29. The summed E-state index contributed by atoms with van der Waals surface area (Å²) in [6.07, 6.45) is 0.819. The molecule has 102 valence electrons. The van der Waals surface area contributed by atoms with E-state index in [4.69, 9.17) is 27.9 Å². The lowest BCUT2D eigenvalue weighted by Crippen LogP contribution is -2.06. The molecule has 1 aromatic carbocycles. The summed E-state index contributed by atoms with van der Waals surface area (Å²) in [5, 5.41) is 3.69. The predicted molar refractivity (Wildman–Crippen MR) is 81.5 cm³/mol. The van der Waals surface area contributed by atoms with E-state index in [0.29, 0.717) is 5.88 Å². The van der Waals surface area contributed by atoms with E-state index in [9.17, 15) is 0 Å². The van der Waals surface area contributed by atoms with E-state index in [2.05, 4.69) is 11.9 Å². The number of nitrogens with zero attached hydrogens (tertiary/aromatic N) is 1. The lowest BCUT2D eigenvalue weighted by Gasteiger charge is -2.15. The topological polar surface area (TPSA) is 22.1 Å². The second-order valence-corrected chi connectivity index (χ2v) is 5.80. The standard InChI is InChI=1S/C14H15Cl2NOS/c1-3-13(14-17-10(7-15)8-19-14)18-11-4-5-12(16)9(2)6-11/h4-6,8,13H,3,7H2,1-2H3. The second-order valence-electron chi connectivity index (χ2n) is 4.24. The minimum absolute atomic E-state index is 0.0393. The van der Waals surface area contributed by atoms with Crippen LogP contribution < -0.4 is 4.74 Å². The van der Waals surface area contributed by atoms with Gasteiger partial charge >= 0.3 is 0 Å². The van der Waals surface area contributed by atoms with Gasteiger partial charge in [0, 0.05) is 10.4 Å². The molecule has 1 heterocycles. The van der Waals surface area contributed by atoms with E-state index < -0.39 is 0 Å². The summed E-state index contributed by atoms with van der Waals surface area (Å²) in [5.74, 6) is 1.25. The summed E-state index contributed by atoms with van der Waals surface area (Å²) in [7, 11) is 0. The van der Waals surface area contributed by atoms with Crippen molar-refractivity contribution in [2.24, 2.45) is 0 Å². The van der Waals surface area contributed by atoms with Gasteiger partial charge in [-0.1, -0.05) is 18.5 Å². The molecule has 1 unspecified atom stereocenters. The van der Waals surface area contributed by atoms with Crippen LogP contribution in [-0.2, 0) is 5.88 Å². The van der Waals surface area contributed by atoms with Crippen molar-refractivity contribution in [2.45, 2.75) is 32.3 Å². The summed E-state index contributed by atoms with van der Waals surface area (Å²) >= 11 is 13.4. The van der Waals surface area contributed by atoms with E-state index in [1.165, 1.54) is 0 Å². The number of benzene rings is 1. The Morgan fingerprint density at radius 2 is 2.21 bits per heavy atom. The van der Waals surface area contributed by atoms with Crippen LogP contribution in [0.3, 0.4) is 0 Å². The van der Waals surface area contributed by atoms with Gasteiger partial charge in [0.25, 0.3) is 0 Å². The van der Waals surface area contributed by atoms with Gasteiger partial charge in [0.2, 0.25) is 0 Å². The molecule has 0 radical (unpaired) electrons. The third-order valence-electron chi connectivity index (χ3n) is 2.76. The second kappa shape index (κ2) is 6.60. The van der Waals surface area contributed by atoms with Gasteiger partial charge < -0.3 is 4.74 Å². The predicted octanol–water partition coefficient (Wildman–Crippen LogP) is 5.37. The van der Waals surface area contributed by atoms with Gasteiger partial charge in [-0.25, -0.2) is 4.98 Å². The normalized spacial score (nSPS) is 12.4. The van der Waals surface area contributed by atoms with Gasteiger partial charge in [-0.05, 0) is 37.1 Å². The van der Waals surface area contributed by atoms with E-state index in [1.807, 2.05) is 30.5 Å². The third kappa shape index (κ3) is 3.62. The Labute approximate surface area is 127 Å². The first kappa shape index (κ1) is 14.6. The van der Waals surface area contributed by atoms with Crippen LogP contribution in [0.15, 0.2) is 23.6 Å². The van der Waals surface area contributed by atoms with Crippen molar-refractivity contribution < 1.29 is 4.74 Å². The van der Waals surface area contributed by atoms with E-state index in [-0.39, 0.29) is 6.10 Å². The number of aromatic nitrogens is 1. The molecule has 0 saturated heterocycles. The average Bonchev–Trinajstić information content (AvgIpc) is 2.88. The molecule has 2 nitrogen and oxygen atoms in total. The molecule has 1 aromatic heterocycles. The van der Waals surface area contributed by atoms with Crippen molar-refractivity contribution in [3.8, 4) is 5.75 Å². The Bertz CT molecular complexity index is 556. The first-order valence-corrected chi connectivity index (χ1v) is 7.86. The number of alkyl halides is 1. The Balaban J connectivity index is 2.16. The van der Waals surface area contributed by atoms with Gasteiger partial charge in [0.15, 0.2) is 0 Å². The highest BCUT2D eigenvalue weighted by Gasteiger charge is 2.15. The van der Waals surface area contributed by atoms with Crippen molar-refractivity contribution >= 4 is 34.5 Å². The smallest absolute Gasteiger partial charge is 0.150 e. The Hall–Kier alpha value is -0.770. The highest BCUT2D eigenvalue weighted by atomic mass is 35.5. The van der Waals surface area contributed by atoms with Gasteiger partial charge in [-0.3, -0.25) is 0 Å². The van der Waals surface area contributed by atoms with Crippen LogP contribution in [0.4, 0.5) is 0 Å². The molecular formula is C14H15Cl2NOS. The molecule has 2 aromatic rings. The largest absolute Gasteiger partial charge is 0.483 e. The van der Waals surface area contributed by atoms with Gasteiger partial charge in [0.1, 0.15) is 16.9 Å². The molecule has 2 rings (SSSR count). The molecule has 0 spiro atoms. The zero-order valence-corrected chi connectivity index (χ0v) is 13.1. The van der Waals surface area contributed by atoms with Crippen LogP contribution in [-0.4, -0.2) is 4.98 Å². The highest BCUT2D eigenvalue weighted by molar-refractivity contribution is 7.09. The molecule has 19 heavy (non-hydrogen) atoms. The van der Waals surface area contributed by atoms with E-state index >= 15 is 0 Å². The molecule has 0 bridgehead atoms. The number of rotatable bonds is 5. The van der Waals surface area contributed by atoms with Crippen molar-refractivity contribution in [3.05, 3.63) is 44.9 Å². The molecule has 0 amide bonds. The summed E-state index contributed by atoms with van der Waals surface area (Å²) < 4.78 is 5.99. The van der Waals surface area contributed by atoms with Crippen LogP contribution in [0, 0.1) is 6.92 Å². The van der Waals surface area contributed by atoms with Crippen LogP contribution in [0.5, 0.6) is 5.75 Å². The van der Waals surface area contributed by atoms with Crippen molar-refractivity contribution in [3.63, 3.8) is 0 Å². The fraction of sp³-hybridized carbons (Fsp3) is 0.357. The van der Waals surface area contributed by atoms with Gasteiger partial charge in [0.05, 0.1) is 11.6 Å². The monoisotopic (exact) mass is 315 g/mol. The summed E-state index contributed by atoms with van der Waals surface area (Å²) in [6, 6.07) is 5.68. The summed E-state index contributed by atoms with van der Waals surface area (Å²) in [4.78, 5) is 4.47. The van der Waals surface area contributed by atoms with Crippen LogP contribution in [0.25, 0.3) is 0 Å². The number of hydrogen-bond donors (Lipinski definition) is 0. The zero-order chi connectivity index (χ0) is 13.8. The van der Waals surface area contributed by atoms with E-state index in [1.54, 1.807) is 11.3 Å². The number of halogens is 2. The van der Waals surface area contributed by atoms with Gasteiger partial charge in [-0.15, -0.1) is 22.9 Å². The molecule has 0 saturated carbocycles. The SMILES string of the molecule is CCC(Oc1ccc(Cl)c(C)c1)c1nc(CCl)cs1. The molecule has 0 fully saturated rings. The molecule has 0 aliphatic rings. The van der Waals surface area contributed by atoms with Crippen LogP contribution >= 0.6 is 34.5 Å². The van der Waals surface area contributed by atoms with Crippen LogP contribution in [0.1, 0.15) is 35.7 Å². The lowest BCUT2D eigenvalue weighted by molar-refractivity contribution is 0.200. The number of hydrogen-bond acceptors (Lipinski definition) is 3. The maximum atomic E-state index is 6.01. The molecule has 0 N–H and O–H groups in total. The van der Waals surface area contributed by atoms with Crippen molar-refractivity contribution in [2.75, 3.05) is 0 Å². The lowest BCUT2D eigenvalue weighted by atomic mass is 10.2. The Morgan fingerprint density at radius 1 is 1.42 bits per heavy atom. The summed E-state index contributed by atoms with van der Waals surface area (Å²) in [6.45, 7) is 4.04. The van der Waals surface area contributed by atoms with Crippen molar-refractivity contribution in [1.29, 1.82) is 0 Å². The fourth-order valence-electron chi connectivity index (χ4n) is 1.70. The van der Waals surface area contributed by atoms with Crippen molar-refractivity contribution in [1.82, 2.24) is 4.98 Å². The first-order chi connectivity index (χ1) is 9.13. The Morgan fingerprint density at radius 3 is 2.79 bits per heavy atom. The molecule has 0 aliphatic heterocycles. The number of aryl methyl sites for hydroxylation is 1. The molecule has 1 atom stereocenters. The maximum Gasteiger partial charge on any atom is 0.150 e. The van der Waals surface area contributed by atoms with Gasteiger partial charge in [-0.2, -0.15) is 0 Å². The minimum Gasteiger partial charge on any atom is -0.483 e. The Kier molecular flexibility index (Phi) is 5.08. The maximum absolute atomic E-state index is 6.01. The first-order valence-electron chi connectivity index (χ1n) is 6.07. The molecular weight excluding hydrogens is 301 g/mol. The molecule has 5 heteroatoms. The van der Waals surface area contributed by atoms with Crippen LogP contribution in [0.2, 0.25) is 5.02 Å². The minimum atomic E-state index is -0.0393. The molecule has 0 aliphatic carbocycles. The number of ether oxygens (including phenoxy) is 1. The third-order valence-corrected chi connectivity index (χ3v) is 4.44. The summed E-state index contributed by atoms with van der Waals surface area (Å²) in [5.41, 5.74) is 1.91. The van der Waals surface area contributed by atoms with E-state index in [0.717, 1.165) is 33.5 Å². The average molecular weight is 316 g/mol. The quantitative estimate of drug-likeness (QED) is 0.691. The zero-order valence-electron chi connectivity index (χ0n) is 10.8. The fourth-order valence-corrected chi connectivity index (χ4v) is 2.97.